The molecule has 6 heteroatoms. The zero-order valence-corrected chi connectivity index (χ0v) is 16.5. The lowest BCUT2D eigenvalue weighted by Crippen LogP contribution is -2.35. The van der Waals surface area contributed by atoms with E-state index in [1.807, 2.05) is 32.0 Å². The Morgan fingerprint density at radius 2 is 1.70 bits per heavy atom. The summed E-state index contributed by atoms with van der Waals surface area (Å²) in [5.74, 6) is -0.933. The van der Waals surface area contributed by atoms with Crippen LogP contribution in [0, 0.1) is 0 Å². The molecule has 5 nitrogen and oxygen atoms in total. The predicted octanol–water partition coefficient (Wildman–Crippen LogP) is 4.13. The molecular formula is C21H24ClNO4. The topological polar surface area (TPSA) is 64.6 Å². The van der Waals surface area contributed by atoms with E-state index in [2.05, 4.69) is 5.32 Å². The van der Waals surface area contributed by atoms with Gasteiger partial charge in [-0.3, -0.25) is 4.79 Å². The van der Waals surface area contributed by atoms with Gasteiger partial charge in [-0.15, -0.1) is 0 Å². The van der Waals surface area contributed by atoms with Crippen molar-refractivity contribution in [2.75, 3.05) is 0 Å². The van der Waals surface area contributed by atoms with Gasteiger partial charge < -0.3 is 14.8 Å². The smallest absolute Gasteiger partial charge is 0.338 e. The Kier molecular flexibility index (Phi) is 7.82. The van der Waals surface area contributed by atoms with Crippen molar-refractivity contribution < 1.29 is 19.1 Å². The lowest BCUT2D eigenvalue weighted by atomic mass is 10.1. The van der Waals surface area contributed by atoms with Crippen LogP contribution in [0.5, 0.6) is 0 Å². The number of halogens is 1. The fourth-order valence-corrected chi connectivity index (χ4v) is 2.45. The fourth-order valence-electron chi connectivity index (χ4n) is 2.25. The minimum atomic E-state index is -0.913. The molecule has 0 radical (unpaired) electrons. The molecule has 0 fully saturated rings. The third kappa shape index (κ3) is 6.70. The second kappa shape index (κ2) is 10.1. The van der Waals surface area contributed by atoms with Gasteiger partial charge in [0.15, 0.2) is 6.10 Å². The van der Waals surface area contributed by atoms with Gasteiger partial charge in [0.1, 0.15) is 0 Å². The van der Waals surface area contributed by atoms with Crippen LogP contribution in [0.3, 0.4) is 0 Å². The number of amides is 1. The Labute approximate surface area is 164 Å². The van der Waals surface area contributed by atoms with E-state index < -0.39 is 12.1 Å². The summed E-state index contributed by atoms with van der Waals surface area (Å²) in [5, 5.41) is 3.29. The van der Waals surface area contributed by atoms with E-state index in [0.717, 1.165) is 11.1 Å². The van der Waals surface area contributed by atoms with Crippen LogP contribution < -0.4 is 5.32 Å². The highest BCUT2D eigenvalue weighted by atomic mass is 35.5. The summed E-state index contributed by atoms with van der Waals surface area (Å²) in [6.45, 7) is 6.21. The van der Waals surface area contributed by atoms with Gasteiger partial charge in [0, 0.05) is 11.6 Å². The summed E-state index contributed by atoms with van der Waals surface area (Å²) in [4.78, 5) is 24.4. The number of rotatable bonds is 8. The van der Waals surface area contributed by atoms with Crippen LogP contribution in [0.2, 0.25) is 5.02 Å². The summed E-state index contributed by atoms with van der Waals surface area (Å²) >= 11 is 6.06. The maximum Gasteiger partial charge on any atom is 0.338 e. The van der Waals surface area contributed by atoms with Gasteiger partial charge in [-0.05, 0) is 50.1 Å². The molecule has 1 amide bonds. The van der Waals surface area contributed by atoms with Gasteiger partial charge in [0.2, 0.25) is 0 Å². The molecular weight excluding hydrogens is 366 g/mol. The number of hydrogen-bond acceptors (Lipinski definition) is 4. The molecule has 0 spiro atoms. The first-order chi connectivity index (χ1) is 12.9. The van der Waals surface area contributed by atoms with Crippen molar-refractivity contribution in [3.63, 3.8) is 0 Å². The number of nitrogens with one attached hydrogen (secondary N) is 1. The molecule has 144 valence electrons. The number of ether oxygens (including phenoxy) is 2. The molecule has 27 heavy (non-hydrogen) atoms. The van der Waals surface area contributed by atoms with E-state index in [9.17, 15) is 9.59 Å². The Balaban J connectivity index is 1.85. The zero-order valence-electron chi connectivity index (χ0n) is 15.7. The van der Waals surface area contributed by atoms with Gasteiger partial charge >= 0.3 is 5.97 Å². The van der Waals surface area contributed by atoms with Crippen molar-refractivity contribution in [2.24, 2.45) is 0 Å². The number of esters is 1. The van der Waals surface area contributed by atoms with E-state index in [1.54, 1.807) is 30.3 Å². The Morgan fingerprint density at radius 1 is 1.04 bits per heavy atom. The molecule has 1 N–H and O–H groups in total. The summed E-state index contributed by atoms with van der Waals surface area (Å²) in [6, 6.07) is 14.2. The van der Waals surface area contributed by atoms with Crippen LogP contribution in [0.25, 0.3) is 0 Å². The molecule has 0 saturated heterocycles. The number of benzene rings is 2. The summed E-state index contributed by atoms with van der Waals surface area (Å²) in [5.41, 5.74) is 2.14. The Hall–Kier alpha value is -2.37. The predicted molar refractivity (Wildman–Crippen MR) is 105 cm³/mol. The summed E-state index contributed by atoms with van der Waals surface area (Å²) in [7, 11) is 0. The third-order valence-electron chi connectivity index (χ3n) is 3.84. The molecule has 0 aliphatic rings. The highest BCUT2D eigenvalue weighted by Gasteiger charge is 2.19. The second-order valence-electron chi connectivity index (χ2n) is 6.41. The van der Waals surface area contributed by atoms with Crippen LogP contribution in [0.15, 0.2) is 48.5 Å². The van der Waals surface area contributed by atoms with Crippen LogP contribution in [0.1, 0.15) is 42.3 Å². The first-order valence-electron chi connectivity index (χ1n) is 8.79. The molecule has 0 aromatic heterocycles. The first kappa shape index (κ1) is 20.9. The molecule has 0 aliphatic heterocycles. The molecule has 0 aliphatic carbocycles. The Morgan fingerprint density at radius 3 is 2.33 bits per heavy atom. The number of hydrogen-bond donors (Lipinski definition) is 1. The molecule has 2 aromatic rings. The highest BCUT2D eigenvalue weighted by molar-refractivity contribution is 6.31. The highest BCUT2D eigenvalue weighted by Crippen LogP contribution is 2.14. The van der Waals surface area contributed by atoms with Crippen LogP contribution in [0.4, 0.5) is 0 Å². The second-order valence-corrected chi connectivity index (χ2v) is 6.82. The largest absolute Gasteiger partial charge is 0.449 e. The normalized spacial score (nSPS) is 11.9. The summed E-state index contributed by atoms with van der Waals surface area (Å²) < 4.78 is 10.8. The van der Waals surface area contributed by atoms with Crippen molar-refractivity contribution in [1.82, 2.24) is 5.32 Å². The average Bonchev–Trinajstić information content (AvgIpc) is 2.65. The maximum absolute atomic E-state index is 12.2. The molecule has 0 bridgehead atoms. The molecule has 0 heterocycles. The van der Waals surface area contributed by atoms with Crippen molar-refractivity contribution in [3.05, 3.63) is 70.2 Å². The monoisotopic (exact) mass is 389 g/mol. The minimum absolute atomic E-state index is 0.139. The maximum atomic E-state index is 12.2. The quantitative estimate of drug-likeness (QED) is 0.689. The first-order valence-corrected chi connectivity index (χ1v) is 9.17. The SMILES string of the molecule is CC(C)OCc1ccc(C(=O)O[C@@H](C)C(=O)NCc2ccccc2Cl)cc1. The van der Waals surface area contributed by atoms with E-state index in [0.29, 0.717) is 17.2 Å². The van der Waals surface area contributed by atoms with Gasteiger partial charge in [0.05, 0.1) is 18.3 Å². The van der Waals surface area contributed by atoms with Crippen LogP contribution in [-0.4, -0.2) is 24.1 Å². The Bertz CT molecular complexity index is 774. The lowest BCUT2D eigenvalue weighted by Gasteiger charge is -2.14. The van der Waals surface area contributed by atoms with Crippen molar-refractivity contribution in [1.29, 1.82) is 0 Å². The molecule has 1 atom stereocenters. The number of carbonyl (C=O) groups is 2. The van der Waals surface area contributed by atoms with E-state index in [4.69, 9.17) is 21.1 Å². The van der Waals surface area contributed by atoms with E-state index >= 15 is 0 Å². The van der Waals surface area contributed by atoms with Gasteiger partial charge in [-0.1, -0.05) is 41.9 Å². The lowest BCUT2D eigenvalue weighted by molar-refractivity contribution is -0.129. The van der Waals surface area contributed by atoms with Crippen molar-refractivity contribution in [3.8, 4) is 0 Å². The average molecular weight is 390 g/mol. The van der Waals surface area contributed by atoms with Gasteiger partial charge in [0.25, 0.3) is 5.91 Å². The van der Waals surface area contributed by atoms with Crippen LogP contribution in [-0.2, 0) is 27.4 Å². The van der Waals surface area contributed by atoms with Crippen molar-refractivity contribution in [2.45, 2.75) is 46.1 Å². The van der Waals surface area contributed by atoms with Gasteiger partial charge in [-0.25, -0.2) is 4.79 Å². The van der Waals surface area contributed by atoms with Crippen LogP contribution >= 0.6 is 11.6 Å². The van der Waals surface area contributed by atoms with Crippen molar-refractivity contribution >= 4 is 23.5 Å². The molecule has 0 saturated carbocycles. The van der Waals surface area contributed by atoms with Gasteiger partial charge in [-0.2, -0.15) is 0 Å². The molecule has 2 aromatic carbocycles. The summed E-state index contributed by atoms with van der Waals surface area (Å²) in [6.07, 6.45) is -0.774. The third-order valence-corrected chi connectivity index (χ3v) is 4.21. The minimum Gasteiger partial charge on any atom is -0.449 e. The number of carbonyl (C=O) groups excluding carboxylic acids is 2. The fraction of sp³-hybridized carbons (Fsp3) is 0.333. The van der Waals surface area contributed by atoms with E-state index in [1.165, 1.54) is 6.92 Å². The zero-order chi connectivity index (χ0) is 19.8. The molecule has 2 rings (SSSR count). The molecule has 0 unspecified atom stereocenters. The van der Waals surface area contributed by atoms with E-state index in [-0.39, 0.29) is 18.6 Å². The standard InChI is InChI=1S/C21H24ClNO4/c1-14(2)26-13-16-8-10-17(11-9-16)21(25)27-15(3)20(24)23-12-18-6-4-5-7-19(18)22/h4-11,14-15H,12-13H2,1-3H3,(H,23,24)/t15-/m0/s1.